The molecule has 0 bridgehead atoms. The molecule has 4 nitrogen and oxygen atoms in total. The van der Waals surface area contributed by atoms with Gasteiger partial charge in [-0.05, 0) is 41.5 Å². The molecule has 1 heterocycles. The molecule has 4 heteroatoms. The van der Waals surface area contributed by atoms with Crippen molar-refractivity contribution < 1.29 is 9.59 Å². The Bertz CT molecular complexity index is 796. The van der Waals surface area contributed by atoms with Crippen molar-refractivity contribution in [3.05, 3.63) is 70.8 Å². The Morgan fingerprint density at radius 1 is 0.960 bits per heavy atom. The van der Waals surface area contributed by atoms with Crippen molar-refractivity contribution in [1.29, 1.82) is 0 Å². The van der Waals surface area contributed by atoms with Gasteiger partial charge in [-0.2, -0.15) is 0 Å². The lowest BCUT2D eigenvalue weighted by atomic mass is 9.80. The number of carbonyl (C=O) groups excluding carboxylic acids is 2. The van der Waals surface area contributed by atoms with Gasteiger partial charge in [0.05, 0.1) is 0 Å². The average molecular weight is 334 g/mol. The molecule has 25 heavy (non-hydrogen) atoms. The summed E-state index contributed by atoms with van der Waals surface area (Å²) in [6.07, 6.45) is 3.50. The minimum absolute atomic E-state index is 0.146. The number of nitrogens with one attached hydrogen (secondary N) is 1. The lowest BCUT2D eigenvalue weighted by Gasteiger charge is -2.29. The third kappa shape index (κ3) is 2.28. The quantitative estimate of drug-likeness (QED) is 0.875. The highest BCUT2D eigenvalue weighted by molar-refractivity contribution is 6.10. The second kappa shape index (κ2) is 6.03. The average Bonchev–Trinajstić information content (AvgIpc) is 2.80. The Morgan fingerprint density at radius 3 is 2.08 bits per heavy atom. The van der Waals surface area contributed by atoms with Crippen molar-refractivity contribution in [1.82, 2.24) is 10.2 Å². The molecular formula is C21H22N2O2. The molecule has 128 valence electrons. The minimum atomic E-state index is -1.09. The summed E-state index contributed by atoms with van der Waals surface area (Å²) < 4.78 is 0. The Labute approximate surface area is 147 Å². The highest BCUT2D eigenvalue weighted by atomic mass is 16.2. The van der Waals surface area contributed by atoms with Crippen molar-refractivity contribution in [2.24, 2.45) is 0 Å². The minimum Gasteiger partial charge on any atom is -0.315 e. The molecule has 3 amide bonds. The van der Waals surface area contributed by atoms with E-state index in [0.717, 1.165) is 47.9 Å². The highest BCUT2D eigenvalue weighted by Gasteiger charge is 2.55. The molecule has 2 aliphatic rings. The van der Waals surface area contributed by atoms with E-state index < -0.39 is 5.54 Å². The SMILES string of the molecule is CCCCN1C(=O)NC2(C1=O)c1ccccc1CCc1ccccc12. The molecule has 1 aliphatic carbocycles. The molecule has 1 fully saturated rings. The van der Waals surface area contributed by atoms with Gasteiger partial charge in [-0.25, -0.2) is 4.79 Å². The van der Waals surface area contributed by atoms with Crippen molar-refractivity contribution in [3.8, 4) is 0 Å². The van der Waals surface area contributed by atoms with Crippen LogP contribution in [0.25, 0.3) is 0 Å². The van der Waals surface area contributed by atoms with Gasteiger partial charge in [-0.15, -0.1) is 0 Å². The number of carbonyl (C=O) groups is 2. The number of hydrogen-bond donors (Lipinski definition) is 1. The molecule has 1 aliphatic heterocycles. The standard InChI is InChI=1S/C21H22N2O2/c1-2-3-14-23-19(24)21(22-20(23)25)17-10-6-4-8-15(17)12-13-16-9-5-7-11-18(16)21/h4-11H,2-3,12-14H2,1H3,(H,22,25). The largest absolute Gasteiger partial charge is 0.325 e. The van der Waals surface area contributed by atoms with E-state index >= 15 is 0 Å². The maximum atomic E-state index is 13.5. The molecule has 0 atom stereocenters. The summed E-state index contributed by atoms with van der Waals surface area (Å²) in [5, 5.41) is 3.07. The molecular weight excluding hydrogens is 312 g/mol. The number of urea groups is 1. The van der Waals surface area contributed by atoms with E-state index in [0.29, 0.717) is 6.54 Å². The number of benzene rings is 2. The van der Waals surface area contributed by atoms with E-state index in [2.05, 4.69) is 24.4 Å². The number of rotatable bonds is 3. The Balaban J connectivity index is 1.94. The Kier molecular flexibility index (Phi) is 3.83. The summed E-state index contributed by atoms with van der Waals surface area (Å²) in [6, 6.07) is 15.7. The normalized spacial score (nSPS) is 17.9. The molecule has 0 aromatic heterocycles. The second-order valence-electron chi connectivity index (χ2n) is 6.80. The third-order valence-electron chi connectivity index (χ3n) is 5.35. The summed E-state index contributed by atoms with van der Waals surface area (Å²) in [5.74, 6) is -0.146. The van der Waals surface area contributed by atoms with E-state index in [-0.39, 0.29) is 11.9 Å². The fourth-order valence-corrected chi connectivity index (χ4v) is 4.08. The van der Waals surface area contributed by atoms with Crippen molar-refractivity contribution in [2.45, 2.75) is 38.1 Å². The van der Waals surface area contributed by atoms with Gasteiger partial charge in [0, 0.05) is 6.54 Å². The number of aryl methyl sites for hydroxylation is 2. The van der Waals surface area contributed by atoms with E-state index in [4.69, 9.17) is 0 Å². The zero-order chi connectivity index (χ0) is 17.4. The van der Waals surface area contributed by atoms with E-state index in [1.165, 1.54) is 4.90 Å². The predicted molar refractivity (Wildman–Crippen MR) is 96.2 cm³/mol. The van der Waals surface area contributed by atoms with Gasteiger partial charge in [0.25, 0.3) is 5.91 Å². The Hall–Kier alpha value is -2.62. The smallest absolute Gasteiger partial charge is 0.315 e. The lowest BCUT2D eigenvalue weighted by molar-refractivity contribution is -0.130. The van der Waals surface area contributed by atoms with Crippen LogP contribution in [0.15, 0.2) is 48.5 Å². The number of hydrogen-bond acceptors (Lipinski definition) is 2. The second-order valence-corrected chi connectivity index (χ2v) is 6.80. The van der Waals surface area contributed by atoms with Gasteiger partial charge in [0.1, 0.15) is 0 Å². The molecule has 1 spiro atoms. The first-order chi connectivity index (χ1) is 12.2. The number of imide groups is 1. The first-order valence-electron chi connectivity index (χ1n) is 8.99. The first-order valence-corrected chi connectivity index (χ1v) is 8.99. The molecule has 1 saturated heterocycles. The van der Waals surface area contributed by atoms with Crippen molar-refractivity contribution >= 4 is 11.9 Å². The summed E-state index contributed by atoms with van der Waals surface area (Å²) in [7, 11) is 0. The van der Waals surface area contributed by atoms with Gasteiger partial charge in [0.2, 0.25) is 0 Å². The van der Waals surface area contributed by atoms with Gasteiger partial charge in [0.15, 0.2) is 5.54 Å². The van der Waals surface area contributed by atoms with Gasteiger partial charge in [-0.1, -0.05) is 61.9 Å². The van der Waals surface area contributed by atoms with Crippen LogP contribution in [0.4, 0.5) is 4.79 Å². The van der Waals surface area contributed by atoms with E-state index in [9.17, 15) is 9.59 Å². The van der Waals surface area contributed by atoms with Crippen LogP contribution >= 0.6 is 0 Å². The predicted octanol–water partition coefficient (Wildman–Crippen LogP) is 3.38. The summed E-state index contributed by atoms with van der Waals surface area (Å²) in [4.78, 5) is 27.6. The first kappa shape index (κ1) is 15.9. The fourth-order valence-electron chi connectivity index (χ4n) is 4.08. The maximum absolute atomic E-state index is 13.5. The summed E-state index contributed by atoms with van der Waals surface area (Å²) >= 11 is 0. The monoisotopic (exact) mass is 334 g/mol. The topological polar surface area (TPSA) is 49.4 Å². The molecule has 2 aromatic rings. The van der Waals surface area contributed by atoms with Gasteiger partial charge < -0.3 is 5.32 Å². The zero-order valence-corrected chi connectivity index (χ0v) is 14.4. The number of unbranched alkanes of at least 4 members (excludes halogenated alkanes) is 1. The van der Waals surface area contributed by atoms with Crippen LogP contribution in [-0.2, 0) is 23.2 Å². The Morgan fingerprint density at radius 2 is 1.52 bits per heavy atom. The van der Waals surface area contributed by atoms with E-state index in [1.807, 2.05) is 36.4 Å². The van der Waals surface area contributed by atoms with Crippen LogP contribution < -0.4 is 5.32 Å². The number of nitrogens with zero attached hydrogens (tertiary/aromatic N) is 1. The summed E-state index contributed by atoms with van der Waals surface area (Å²) in [6.45, 7) is 2.53. The fraction of sp³-hybridized carbons (Fsp3) is 0.333. The maximum Gasteiger partial charge on any atom is 0.325 e. The lowest BCUT2D eigenvalue weighted by Crippen LogP contribution is -2.46. The van der Waals surface area contributed by atoms with Gasteiger partial charge in [-0.3, -0.25) is 9.69 Å². The van der Waals surface area contributed by atoms with Crippen LogP contribution in [0.3, 0.4) is 0 Å². The molecule has 2 aromatic carbocycles. The highest BCUT2D eigenvalue weighted by Crippen LogP contribution is 2.41. The van der Waals surface area contributed by atoms with Crippen LogP contribution in [-0.4, -0.2) is 23.4 Å². The van der Waals surface area contributed by atoms with Crippen LogP contribution in [0.2, 0.25) is 0 Å². The number of fused-ring (bicyclic) bond motifs is 4. The third-order valence-corrected chi connectivity index (χ3v) is 5.35. The molecule has 0 unspecified atom stereocenters. The van der Waals surface area contributed by atoms with Gasteiger partial charge >= 0.3 is 6.03 Å². The summed E-state index contributed by atoms with van der Waals surface area (Å²) in [5.41, 5.74) is 3.00. The molecule has 4 rings (SSSR count). The zero-order valence-electron chi connectivity index (χ0n) is 14.4. The molecule has 0 saturated carbocycles. The van der Waals surface area contributed by atoms with Crippen LogP contribution in [0.1, 0.15) is 42.0 Å². The number of amides is 3. The van der Waals surface area contributed by atoms with Crippen LogP contribution in [0, 0.1) is 0 Å². The van der Waals surface area contributed by atoms with Crippen molar-refractivity contribution in [2.75, 3.05) is 6.54 Å². The van der Waals surface area contributed by atoms with E-state index in [1.54, 1.807) is 0 Å². The molecule has 0 radical (unpaired) electrons. The molecule has 1 N–H and O–H groups in total. The van der Waals surface area contributed by atoms with Crippen molar-refractivity contribution in [3.63, 3.8) is 0 Å². The van der Waals surface area contributed by atoms with Crippen LogP contribution in [0.5, 0.6) is 0 Å².